The second kappa shape index (κ2) is 8.79. The van der Waals surface area contributed by atoms with E-state index in [1.54, 1.807) is 6.92 Å². The third-order valence-corrected chi connectivity index (χ3v) is 3.89. The molecule has 2 atom stereocenters. The zero-order valence-corrected chi connectivity index (χ0v) is 12.5. The first-order valence-electron chi connectivity index (χ1n) is 7.49. The molecule has 3 N–H and O–H groups in total. The van der Waals surface area contributed by atoms with Gasteiger partial charge in [-0.2, -0.15) is 0 Å². The Kier molecular flexibility index (Phi) is 7.36. The summed E-state index contributed by atoms with van der Waals surface area (Å²) in [5, 5.41) is 14.4. The molecular formula is C14H27N3O3. The Hall–Kier alpha value is -1.30. The molecular weight excluding hydrogens is 258 g/mol. The maximum Gasteiger partial charge on any atom is 0.314 e. The molecule has 20 heavy (non-hydrogen) atoms. The number of urea groups is 1. The smallest absolute Gasteiger partial charge is 0.314 e. The van der Waals surface area contributed by atoms with Crippen LogP contribution in [0.3, 0.4) is 0 Å². The molecule has 1 aliphatic heterocycles. The van der Waals surface area contributed by atoms with E-state index in [0.29, 0.717) is 31.8 Å². The number of likely N-dealkylation sites (tertiary alicyclic amines) is 1. The van der Waals surface area contributed by atoms with Crippen LogP contribution in [0, 0.1) is 11.8 Å². The Bertz CT molecular complexity index is 323. The number of amides is 2. The van der Waals surface area contributed by atoms with Gasteiger partial charge in [0.25, 0.3) is 0 Å². The van der Waals surface area contributed by atoms with Crippen LogP contribution in [0.2, 0.25) is 0 Å². The molecule has 2 amide bonds. The highest BCUT2D eigenvalue weighted by Gasteiger charge is 2.21. The zero-order chi connectivity index (χ0) is 15.0. The first-order chi connectivity index (χ1) is 9.52. The summed E-state index contributed by atoms with van der Waals surface area (Å²) in [6, 6.07) is -0.150. The van der Waals surface area contributed by atoms with Gasteiger partial charge in [0.2, 0.25) is 0 Å². The van der Waals surface area contributed by atoms with Crippen molar-refractivity contribution in [1.29, 1.82) is 0 Å². The number of nitrogens with one attached hydrogen (secondary N) is 2. The second-order valence-electron chi connectivity index (χ2n) is 5.57. The minimum Gasteiger partial charge on any atom is -0.481 e. The highest BCUT2D eigenvalue weighted by Crippen LogP contribution is 2.14. The normalized spacial score (nSPS) is 20.6. The van der Waals surface area contributed by atoms with Gasteiger partial charge in [0.15, 0.2) is 0 Å². The molecule has 116 valence electrons. The number of carbonyl (C=O) groups excluding carboxylic acids is 1. The van der Waals surface area contributed by atoms with Gasteiger partial charge in [-0.25, -0.2) is 4.79 Å². The number of carboxylic acid groups (broad SMARTS) is 1. The van der Waals surface area contributed by atoms with Crippen molar-refractivity contribution >= 4 is 12.0 Å². The van der Waals surface area contributed by atoms with Gasteiger partial charge in [-0.15, -0.1) is 0 Å². The maximum atomic E-state index is 11.6. The van der Waals surface area contributed by atoms with Gasteiger partial charge in [-0.3, -0.25) is 4.79 Å². The minimum atomic E-state index is -0.781. The Morgan fingerprint density at radius 2 is 2.15 bits per heavy atom. The average Bonchev–Trinajstić information content (AvgIpc) is 2.89. The summed E-state index contributed by atoms with van der Waals surface area (Å²) in [6.45, 7) is 8.33. The van der Waals surface area contributed by atoms with E-state index in [-0.39, 0.29) is 11.9 Å². The lowest BCUT2D eigenvalue weighted by Crippen LogP contribution is -2.39. The first kappa shape index (κ1) is 16.8. The van der Waals surface area contributed by atoms with E-state index in [9.17, 15) is 9.59 Å². The molecule has 0 aromatic rings. The Labute approximate surface area is 120 Å². The van der Waals surface area contributed by atoms with Crippen molar-refractivity contribution in [2.24, 2.45) is 11.8 Å². The SMILES string of the molecule is CCN1CCC(CNC(=O)NCCCC(C)C(=O)O)C1. The fourth-order valence-corrected chi connectivity index (χ4v) is 2.40. The summed E-state index contributed by atoms with van der Waals surface area (Å²) < 4.78 is 0. The number of aliphatic carboxylic acids is 1. The van der Waals surface area contributed by atoms with Gasteiger partial charge in [-0.05, 0) is 38.3 Å². The standard InChI is InChI=1S/C14H27N3O3/c1-3-17-8-6-12(10-17)9-16-14(20)15-7-4-5-11(2)13(18)19/h11-12H,3-10H2,1-2H3,(H,18,19)(H2,15,16,20). The van der Waals surface area contributed by atoms with E-state index in [1.807, 2.05) is 0 Å². The predicted octanol–water partition coefficient (Wildman–Crippen LogP) is 1.13. The molecule has 6 heteroatoms. The zero-order valence-electron chi connectivity index (χ0n) is 12.5. The van der Waals surface area contributed by atoms with E-state index in [1.165, 1.54) is 0 Å². The lowest BCUT2D eigenvalue weighted by molar-refractivity contribution is -0.141. The van der Waals surface area contributed by atoms with Crippen LogP contribution in [-0.4, -0.2) is 54.7 Å². The van der Waals surface area contributed by atoms with Crippen LogP contribution in [0.15, 0.2) is 0 Å². The van der Waals surface area contributed by atoms with Gasteiger partial charge in [0.05, 0.1) is 5.92 Å². The van der Waals surface area contributed by atoms with Crippen LogP contribution in [0.5, 0.6) is 0 Å². The van der Waals surface area contributed by atoms with Gasteiger partial charge in [-0.1, -0.05) is 13.8 Å². The molecule has 0 spiro atoms. The maximum absolute atomic E-state index is 11.6. The summed E-state index contributed by atoms with van der Waals surface area (Å²) in [5.41, 5.74) is 0. The summed E-state index contributed by atoms with van der Waals surface area (Å²) in [4.78, 5) is 24.6. The third-order valence-electron chi connectivity index (χ3n) is 3.89. The molecule has 0 aromatic carbocycles. The summed E-state index contributed by atoms with van der Waals surface area (Å²) in [6.07, 6.45) is 2.42. The van der Waals surface area contributed by atoms with Crippen LogP contribution in [0.1, 0.15) is 33.1 Å². The van der Waals surface area contributed by atoms with E-state index < -0.39 is 5.97 Å². The second-order valence-corrected chi connectivity index (χ2v) is 5.57. The Morgan fingerprint density at radius 1 is 1.40 bits per heavy atom. The highest BCUT2D eigenvalue weighted by atomic mass is 16.4. The lowest BCUT2D eigenvalue weighted by atomic mass is 10.1. The molecule has 2 unspecified atom stereocenters. The van der Waals surface area contributed by atoms with Crippen molar-refractivity contribution in [3.8, 4) is 0 Å². The van der Waals surface area contributed by atoms with Crippen molar-refractivity contribution in [3.05, 3.63) is 0 Å². The summed E-state index contributed by atoms with van der Waals surface area (Å²) in [5.74, 6) is -0.581. The molecule has 0 bridgehead atoms. The van der Waals surface area contributed by atoms with Crippen LogP contribution >= 0.6 is 0 Å². The van der Waals surface area contributed by atoms with Crippen LogP contribution in [0.25, 0.3) is 0 Å². The van der Waals surface area contributed by atoms with Crippen molar-refractivity contribution in [1.82, 2.24) is 15.5 Å². The Morgan fingerprint density at radius 3 is 2.75 bits per heavy atom. The van der Waals surface area contributed by atoms with Gasteiger partial charge < -0.3 is 20.6 Å². The number of nitrogens with zero attached hydrogens (tertiary/aromatic N) is 1. The molecule has 1 saturated heterocycles. The number of carbonyl (C=O) groups is 2. The third kappa shape index (κ3) is 6.23. The fraction of sp³-hybridized carbons (Fsp3) is 0.857. The van der Waals surface area contributed by atoms with Crippen molar-refractivity contribution in [2.45, 2.75) is 33.1 Å². The molecule has 0 radical (unpaired) electrons. The number of carboxylic acids is 1. The number of rotatable bonds is 8. The van der Waals surface area contributed by atoms with Crippen molar-refractivity contribution < 1.29 is 14.7 Å². The fourth-order valence-electron chi connectivity index (χ4n) is 2.40. The molecule has 0 saturated carbocycles. The predicted molar refractivity (Wildman–Crippen MR) is 77.7 cm³/mol. The molecule has 0 aromatic heterocycles. The molecule has 1 heterocycles. The average molecular weight is 285 g/mol. The summed E-state index contributed by atoms with van der Waals surface area (Å²) in [7, 11) is 0. The number of hydrogen-bond donors (Lipinski definition) is 3. The highest BCUT2D eigenvalue weighted by molar-refractivity contribution is 5.73. The van der Waals surface area contributed by atoms with Crippen LogP contribution < -0.4 is 10.6 Å². The largest absolute Gasteiger partial charge is 0.481 e. The Balaban J connectivity index is 2.02. The van der Waals surface area contributed by atoms with Crippen molar-refractivity contribution in [3.63, 3.8) is 0 Å². The monoisotopic (exact) mass is 285 g/mol. The van der Waals surface area contributed by atoms with E-state index in [0.717, 1.165) is 26.1 Å². The van der Waals surface area contributed by atoms with Gasteiger partial charge in [0.1, 0.15) is 0 Å². The topological polar surface area (TPSA) is 81.7 Å². The van der Waals surface area contributed by atoms with E-state index >= 15 is 0 Å². The molecule has 1 rings (SSSR count). The van der Waals surface area contributed by atoms with Gasteiger partial charge in [0, 0.05) is 19.6 Å². The summed E-state index contributed by atoms with van der Waals surface area (Å²) >= 11 is 0. The lowest BCUT2D eigenvalue weighted by Gasteiger charge is -2.14. The van der Waals surface area contributed by atoms with Crippen LogP contribution in [-0.2, 0) is 4.79 Å². The van der Waals surface area contributed by atoms with E-state index in [2.05, 4.69) is 22.5 Å². The number of hydrogen-bond acceptors (Lipinski definition) is 3. The first-order valence-corrected chi connectivity index (χ1v) is 7.49. The molecule has 0 aliphatic carbocycles. The van der Waals surface area contributed by atoms with E-state index in [4.69, 9.17) is 5.11 Å². The molecule has 6 nitrogen and oxygen atoms in total. The van der Waals surface area contributed by atoms with Crippen molar-refractivity contribution in [2.75, 3.05) is 32.7 Å². The van der Waals surface area contributed by atoms with Crippen LogP contribution in [0.4, 0.5) is 4.79 Å². The van der Waals surface area contributed by atoms with Gasteiger partial charge >= 0.3 is 12.0 Å². The molecule has 1 fully saturated rings. The minimum absolute atomic E-state index is 0.150. The molecule has 1 aliphatic rings. The quantitative estimate of drug-likeness (QED) is 0.584.